The number of rotatable bonds is 5. The zero-order valence-electron chi connectivity index (χ0n) is 8.74. The summed E-state index contributed by atoms with van der Waals surface area (Å²) in [6.07, 6.45) is 0. The minimum atomic E-state index is -0.573. The van der Waals surface area contributed by atoms with Crippen molar-refractivity contribution in [2.24, 2.45) is 5.11 Å². The third-order valence-corrected chi connectivity index (χ3v) is 1.88. The second kappa shape index (κ2) is 6.09. The van der Waals surface area contributed by atoms with Crippen LogP contribution in [0.5, 0.6) is 0 Å². The minimum Gasteiger partial charge on any atom is -0.352 e. The van der Waals surface area contributed by atoms with Crippen molar-refractivity contribution in [1.82, 2.24) is 5.32 Å². The highest BCUT2D eigenvalue weighted by Crippen LogP contribution is 2.12. The summed E-state index contributed by atoms with van der Waals surface area (Å²) in [6, 6.07) is 5.38. The van der Waals surface area contributed by atoms with E-state index in [0.717, 1.165) is 0 Å². The van der Waals surface area contributed by atoms with Gasteiger partial charge in [-0.1, -0.05) is 11.2 Å². The van der Waals surface area contributed by atoms with Crippen LogP contribution in [0, 0.1) is 10.1 Å². The van der Waals surface area contributed by atoms with Crippen LogP contribution in [0.3, 0.4) is 0 Å². The Labute approximate surface area is 96.0 Å². The molecule has 1 aromatic rings. The van der Waals surface area contributed by atoms with Crippen LogP contribution in [0.2, 0.25) is 0 Å². The van der Waals surface area contributed by atoms with Crippen molar-refractivity contribution in [2.75, 3.05) is 13.1 Å². The number of azide groups is 1. The van der Waals surface area contributed by atoms with Gasteiger partial charge in [0, 0.05) is 35.7 Å². The predicted molar refractivity (Wildman–Crippen MR) is 59.4 cm³/mol. The Kier molecular flexibility index (Phi) is 4.46. The number of nitrogens with zero attached hydrogens (tertiary/aromatic N) is 4. The molecule has 8 nitrogen and oxygen atoms in total. The van der Waals surface area contributed by atoms with Crippen LogP contribution in [-0.2, 0) is 0 Å². The molecule has 1 rings (SSSR count). The summed E-state index contributed by atoms with van der Waals surface area (Å²) in [7, 11) is 0. The first-order valence-electron chi connectivity index (χ1n) is 4.68. The van der Waals surface area contributed by atoms with Crippen LogP contribution >= 0.6 is 0 Å². The van der Waals surface area contributed by atoms with E-state index in [1.165, 1.54) is 24.3 Å². The molecular weight excluding hydrogens is 226 g/mol. The molecule has 0 aromatic heterocycles. The fourth-order valence-electron chi connectivity index (χ4n) is 1.13. The number of benzene rings is 1. The highest BCUT2D eigenvalue weighted by Gasteiger charge is 2.10. The standard InChI is InChI=1S/C9H9N5O3/c10-13-12-5-4-11-9(15)7-2-1-3-8(6-7)14(16)17/h1-3,6H,4-5H2,(H,11,15). The molecule has 0 fully saturated rings. The molecule has 0 bridgehead atoms. The smallest absolute Gasteiger partial charge is 0.270 e. The molecule has 0 aliphatic heterocycles. The SMILES string of the molecule is [N-]=[N+]=NCCNC(=O)c1cccc([N+](=O)[O-])c1. The van der Waals surface area contributed by atoms with Crippen LogP contribution in [0.15, 0.2) is 29.4 Å². The molecule has 8 heteroatoms. The Bertz CT molecular complexity index is 481. The lowest BCUT2D eigenvalue weighted by molar-refractivity contribution is -0.384. The number of carbonyl (C=O) groups is 1. The molecule has 88 valence electrons. The van der Waals surface area contributed by atoms with Crippen LogP contribution in [0.1, 0.15) is 10.4 Å². The second-order valence-corrected chi connectivity index (χ2v) is 3.02. The van der Waals surface area contributed by atoms with E-state index in [4.69, 9.17) is 5.53 Å². The molecular formula is C9H9N5O3. The third kappa shape index (κ3) is 3.80. The van der Waals surface area contributed by atoms with Crippen molar-refractivity contribution >= 4 is 11.6 Å². The first kappa shape index (κ1) is 12.5. The lowest BCUT2D eigenvalue weighted by Crippen LogP contribution is -2.25. The summed E-state index contributed by atoms with van der Waals surface area (Å²) in [5, 5.41) is 16.2. The number of hydrogen-bond acceptors (Lipinski definition) is 4. The van der Waals surface area contributed by atoms with Crippen molar-refractivity contribution in [2.45, 2.75) is 0 Å². The van der Waals surface area contributed by atoms with Crippen molar-refractivity contribution in [1.29, 1.82) is 0 Å². The molecule has 17 heavy (non-hydrogen) atoms. The minimum absolute atomic E-state index is 0.136. The van der Waals surface area contributed by atoms with Gasteiger partial charge in [0.15, 0.2) is 0 Å². The average Bonchev–Trinajstić information content (AvgIpc) is 2.34. The second-order valence-electron chi connectivity index (χ2n) is 3.02. The van der Waals surface area contributed by atoms with Gasteiger partial charge < -0.3 is 5.32 Å². The fourth-order valence-corrected chi connectivity index (χ4v) is 1.13. The fraction of sp³-hybridized carbons (Fsp3) is 0.222. The van der Waals surface area contributed by atoms with Crippen LogP contribution in [0.4, 0.5) is 5.69 Å². The number of nitrogens with one attached hydrogen (secondary N) is 1. The highest BCUT2D eigenvalue weighted by atomic mass is 16.6. The van der Waals surface area contributed by atoms with Gasteiger partial charge in [-0.3, -0.25) is 14.9 Å². The first-order chi connectivity index (χ1) is 8.15. The van der Waals surface area contributed by atoms with Crippen molar-refractivity contribution in [3.63, 3.8) is 0 Å². The summed E-state index contributed by atoms with van der Waals surface area (Å²) < 4.78 is 0. The Morgan fingerprint density at radius 2 is 2.35 bits per heavy atom. The molecule has 0 atom stereocenters. The molecule has 0 aliphatic carbocycles. The molecule has 0 aliphatic rings. The van der Waals surface area contributed by atoms with Crippen molar-refractivity contribution in [3.8, 4) is 0 Å². The molecule has 0 radical (unpaired) electrons. The Hall–Kier alpha value is -2.60. The maximum absolute atomic E-state index is 11.5. The summed E-state index contributed by atoms with van der Waals surface area (Å²) in [5.41, 5.74) is 8.07. The van der Waals surface area contributed by atoms with Gasteiger partial charge in [-0.2, -0.15) is 0 Å². The van der Waals surface area contributed by atoms with Gasteiger partial charge in [-0.05, 0) is 11.6 Å². The zero-order chi connectivity index (χ0) is 12.7. The maximum atomic E-state index is 11.5. The zero-order valence-corrected chi connectivity index (χ0v) is 8.74. The van der Waals surface area contributed by atoms with Gasteiger partial charge >= 0.3 is 0 Å². The molecule has 1 amide bonds. The van der Waals surface area contributed by atoms with Gasteiger partial charge in [0.25, 0.3) is 11.6 Å². The maximum Gasteiger partial charge on any atom is 0.270 e. The number of hydrogen-bond donors (Lipinski definition) is 1. The van der Waals surface area contributed by atoms with Crippen LogP contribution in [0.25, 0.3) is 10.4 Å². The Morgan fingerprint density at radius 1 is 1.59 bits per heavy atom. The monoisotopic (exact) mass is 235 g/mol. The third-order valence-electron chi connectivity index (χ3n) is 1.88. The first-order valence-corrected chi connectivity index (χ1v) is 4.68. The lowest BCUT2D eigenvalue weighted by Gasteiger charge is -2.02. The highest BCUT2D eigenvalue weighted by molar-refractivity contribution is 5.94. The molecule has 0 unspecified atom stereocenters. The number of amides is 1. The summed E-state index contributed by atoms with van der Waals surface area (Å²) >= 11 is 0. The molecule has 0 saturated heterocycles. The number of nitro groups is 1. The molecule has 0 spiro atoms. The van der Waals surface area contributed by atoms with E-state index in [1.807, 2.05) is 0 Å². The van der Waals surface area contributed by atoms with Gasteiger partial charge in [-0.25, -0.2) is 0 Å². The molecule has 0 heterocycles. The largest absolute Gasteiger partial charge is 0.352 e. The quantitative estimate of drug-likeness (QED) is 0.208. The molecule has 1 aromatic carbocycles. The summed E-state index contributed by atoms with van der Waals surface area (Å²) in [6.45, 7) is 0.322. The van der Waals surface area contributed by atoms with E-state index in [2.05, 4.69) is 15.3 Å². The van der Waals surface area contributed by atoms with Crippen molar-refractivity contribution < 1.29 is 9.72 Å². The van der Waals surface area contributed by atoms with Gasteiger partial charge in [0.1, 0.15) is 0 Å². The Balaban J connectivity index is 2.65. The lowest BCUT2D eigenvalue weighted by atomic mass is 10.2. The summed E-state index contributed by atoms with van der Waals surface area (Å²) in [5.74, 6) is -0.443. The van der Waals surface area contributed by atoms with Gasteiger partial charge in [0.05, 0.1) is 4.92 Å². The van der Waals surface area contributed by atoms with Crippen molar-refractivity contribution in [3.05, 3.63) is 50.4 Å². The summed E-state index contributed by atoms with van der Waals surface area (Å²) in [4.78, 5) is 24.0. The number of carbonyl (C=O) groups excluding carboxylic acids is 1. The predicted octanol–water partition coefficient (Wildman–Crippen LogP) is 1.63. The molecule has 0 saturated carbocycles. The number of non-ortho nitro benzene ring substituents is 1. The van der Waals surface area contributed by atoms with E-state index < -0.39 is 10.8 Å². The average molecular weight is 235 g/mol. The van der Waals surface area contributed by atoms with E-state index >= 15 is 0 Å². The Morgan fingerprint density at radius 3 is 3.00 bits per heavy atom. The van der Waals surface area contributed by atoms with E-state index in [9.17, 15) is 14.9 Å². The van der Waals surface area contributed by atoms with E-state index in [-0.39, 0.29) is 24.3 Å². The van der Waals surface area contributed by atoms with Crippen LogP contribution < -0.4 is 5.32 Å². The van der Waals surface area contributed by atoms with E-state index in [1.54, 1.807) is 0 Å². The normalized spacial score (nSPS) is 9.18. The van der Waals surface area contributed by atoms with Gasteiger partial charge in [0.2, 0.25) is 0 Å². The van der Waals surface area contributed by atoms with Crippen LogP contribution in [-0.4, -0.2) is 23.9 Å². The van der Waals surface area contributed by atoms with Gasteiger partial charge in [-0.15, -0.1) is 0 Å². The molecule has 1 N–H and O–H groups in total. The van der Waals surface area contributed by atoms with E-state index in [0.29, 0.717) is 0 Å². The topological polar surface area (TPSA) is 121 Å². The number of nitro benzene ring substituents is 1.